The van der Waals surface area contributed by atoms with Gasteiger partial charge in [0.05, 0.1) is 13.2 Å². The van der Waals surface area contributed by atoms with E-state index in [0.29, 0.717) is 44.0 Å². The fourth-order valence-corrected chi connectivity index (χ4v) is 4.40. The van der Waals surface area contributed by atoms with Gasteiger partial charge in [-0.15, -0.1) is 0 Å². The minimum atomic E-state index is 0.0834. The zero-order valence-electron chi connectivity index (χ0n) is 17.0. The Morgan fingerprint density at radius 2 is 2.15 bits per heavy atom. The second kappa shape index (κ2) is 9.94. The van der Waals surface area contributed by atoms with Crippen molar-refractivity contribution in [3.05, 3.63) is 17.0 Å². The summed E-state index contributed by atoms with van der Waals surface area (Å²) in [6, 6.07) is 0.451. The van der Waals surface area contributed by atoms with E-state index >= 15 is 0 Å². The first-order valence-electron chi connectivity index (χ1n) is 10.3. The number of morpholine rings is 1. The zero-order valence-corrected chi connectivity index (χ0v) is 17.8. The van der Waals surface area contributed by atoms with Crippen molar-refractivity contribution >= 4 is 17.7 Å². The average Bonchev–Trinajstić information content (AvgIpc) is 3.02. The van der Waals surface area contributed by atoms with Crippen LogP contribution < -0.4 is 5.32 Å². The van der Waals surface area contributed by atoms with Crippen LogP contribution in [0.5, 0.6) is 0 Å². The van der Waals surface area contributed by atoms with Crippen LogP contribution >= 0.6 is 11.8 Å². The average molecular weight is 395 g/mol. The lowest BCUT2D eigenvalue weighted by molar-refractivity contribution is 0.0297. The summed E-state index contributed by atoms with van der Waals surface area (Å²) in [5.74, 6) is 1.79. The third-order valence-corrected chi connectivity index (χ3v) is 6.04. The molecular formula is C20H34N4O2S. The van der Waals surface area contributed by atoms with E-state index in [0.717, 1.165) is 32.4 Å². The normalized spacial score (nSPS) is 20.1. The summed E-state index contributed by atoms with van der Waals surface area (Å²) in [6.07, 6.45) is 6.39. The predicted molar refractivity (Wildman–Crippen MR) is 111 cm³/mol. The lowest BCUT2D eigenvalue weighted by Gasteiger charge is -2.28. The van der Waals surface area contributed by atoms with E-state index in [-0.39, 0.29) is 5.91 Å². The summed E-state index contributed by atoms with van der Waals surface area (Å²) in [4.78, 5) is 15.1. The first-order chi connectivity index (χ1) is 13.1. The molecule has 2 aliphatic rings. The van der Waals surface area contributed by atoms with Crippen LogP contribution in [0.2, 0.25) is 0 Å². The molecule has 0 aromatic carbocycles. The summed E-state index contributed by atoms with van der Waals surface area (Å²) >= 11 is 1.89. The highest BCUT2D eigenvalue weighted by molar-refractivity contribution is 7.98. The molecule has 1 aliphatic carbocycles. The molecule has 2 heterocycles. The van der Waals surface area contributed by atoms with Crippen molar-refractivity contribution < 1.29 is 9.53 Å². The van der Waals surface area contributed by atoms with Crippen LogP contribution in [0.25, 0.3) is 0 Å². The van der Waals surface area contributed by atoms with Gasteiger partial charge in [-0.25, -0.2) is 0 Å². The highest BCUT2D eigenvalue weighted by Crippen LogP contribution is 2.27. The minimum Gasteiger partial charge on any atom is -0.378 e. The number of rotatable bonds is 8. The summed E-state index contributed by atoms with van der Waals surface area (Å²) < 4.78 is 7.51. The molecule has 3 rings (SSSR count). The fourth-order valence-electron chi connectivity index (χ4n) is 3.97. The van der Waals surface area contributed by atoms with E-state index < -0.39 is 0 Å². The molecule has 1 saturated heterocycles. The summed E-state index contributed by atoms with van der Waals surface area (Å²) in [5, 5.41) is 8.50. The standard InChI is InChI=1S/C20H34N4O2S/c1-15(2)14-24-18-6-5-16(21-7-4-12-27-3)13-17(18)19(22-24)20(25)23-8-10-26-11-9-23/h15-16,21H,4-14H2,1-3H3. The number of fused-ring (bicyclic) bond motifs is 1. The molecule has 0 spiro atoms. The maximum Gasteiger partial charge on any atom is 0.274 e. The quantitative estimate of drug-likeness (QED) is 0.685. The number of nitrogens with zero attached hydrogens (tertiary/aromatic N) is 3. The van der Waals surface area contributed by atoms with Gasteiger partial charge in [-0.3, -0.25) is 9.48 Å². The van der Waals surface area contributed by atoms with Crippen LogP contribution in [0.1, 0.15) is 48.4 Å². The van der Waals surface area contributed by atoms with Crippen molar-refractivity contribution in [1.29, 1.82) is 0 Å². The predicted octanol–water partition coefficient (Wildman–Crippen LogP) is 2.21. The van der Waals surface area contributed by atoms with Crippen molar-refractivity contribution in [3.8, 4) is 0 Å². The maximum atomic E-state index is 13.1. The molecular weight excluding hydrogens is 360 g/mol. The summed E-state index contributed by atoms with van der Waals surface area (Å²) in [5.41, 5.74) is 3.14. The largest absolute Gasteiger partial charge is 0.378 e. The number of ether oxygens (including phenoxy) is 1. The summed E-state index contributed by atoms with van der Waals surface area (Å²) in [6.45, 7) is 8.92. The zero-order chi connectivity index (χ0) is 19.2. The van der Waals surface area contributed by atoms with Gasteiger partial charge in [-0.2, -0.15) is 16.9 Å². The Morgan fingerprint density at radius 1 is 1.37 bits per heavy atom. The SMILES string of the molecule is CSCCCNC1CCc2c(c(C(=O)N3CCOCC3)nn2CC(C)C)C1. The molecule has 1 atom stereocenters. The van der Waals surface area contributed by atoms with Crippen molar-refractivity contribution in [1.82, 2.24) is 20.0 Å². The van der Waals surface area contributed by atoms with Crippen LogP contribution in [0, 0.1) is 5.92 Å². The van der Waals surface area contributed by atoms with Gasteiger partial charge in [-0.05, 0) is 50.2 Å². The molecule has 7 heteroatoms. The van der Waals surface area contributed by atoms with Crippen molar-refractivity contribution in [2.24, 2.45) is 5.92 Å². The van der Waals surface area contributed by atoms with Gasteiger partial charge in [0.2, 0.25) is 0 Å². The van der Waals surface area contributed by atoms with Gasteiger partial charge in [0.25, 0.3) is 5.91 Å². The molecule has 27 heavy (non-hydrogen) atoms. The first kappa shape index (κ1) is 20.7. The van der Waals surface area contributed by atoms with Crippen LogP contribution in [-0.4, -0.2) is 71.5 Å². The Morgan fingerprint density at radius 3 is 2.85 bits per heavy atom. The van der Waals surface area contributed by atoms with Gasteiger partial charge in [-0.1, -0.05) is 13.8 Å². The second-order valence-corrected chi connectivity index (χ2v) is 8.98. The van der Waals surface area contributed by atoms with E-state index in [1.807, 2.05) is 16.7 Å². The molecule has 1 fully saturated rings. The Kier molecular flexibility index (Phi) is 7.61. The van der Waals surface area contributed by atoms with Crippen LogP contribution in [0.4, 0.5) is 0 Å². The number of aromatic nitrogens is 2. The number of amides is 1. The van der Waals surface area contributed by atoms with Gasteiger partial charge in [0.1, 0.15) is 0 Å². The van der Waals surface area contributed by atoms with Crippen molar-refractivity contribution in [2.45, 2.75) is 52.1 Å². The van der Waals surface area contributed by atoms with Gasteiger partial charge >= 0.3 is 0 Å². The monoisotopic (exact) mass is 394 g/mol. The second-order valence-electron chi connectivity index (χ2n) is 7.99. The topological polar surface area (TPSA) is 59.4 Å². The molecule has 0 saturated carbocycles. The number of nitrogens with one attached hydrogen (secondary N) is 1. The number of carbonyl (C=O) groups excluding carboxylic acids is 1. The Balaban J connectivity index is 1.77. The van der Waals surface area contributed by atoms with E-state index in [1.54, 1.807) is 0 Å². The van der Waals surface area contributed by atoms with Crippen LogP contribution in [0.3, 0.4) is 0 Å². The molecule has 0 bridgehead atoms. The van der Waals surface area contributed by atoms with E-state index in [1.165, 1.54) is 23.4 Å². The molecule has 1 aromatic rings. The molecule has 6 nitrogen and oxygen atoms in total. The van der Waals surface area contributed by atoms with Crippen molar-refractivity contribution in [3.63, 3.8) is 0 Å². The maximum absolute atomic E-state index is 13.1. The molecule has 1 unspecified atom stereocenters. The smallest absolute Gasteiger partial charge is 0.274 e. The lowest BCUT2D eigenvalue weighted by Crippen LogP contribution is -2.42. The summed E-state index contributed by atoms with van der Waals surface area (Å²) in [7, 11) is 0. The number of hydrogen-bond acceptors (Lipinski definition) is 5. The molecule has 1 aromatic heterocycles. The number of hydrogen-bond donors (Lipinski definition) is 1. The Bertz CT molecular complexity index is 626. The molecule has 152 valence electrons. The highest BCUT2D eigenvalue weighted by atomic mass is 32.2. The highest BCUT2D eigenvalue weighted by Gasteiger charge is 2.31. The lowest BCUT2D eigenvalue weighted by atomic mass is 9.91. The molecule has 0 radical (unpaired) electrons. The van der Waals surface area contributed by atoms with Crippen LogP contribution in [-0.2, 0) is 24.1 Å². The van der Waals surface area contributed by atoms with Crippen LogP contribution in [0.15, 0.2) is 0 Å². The van der Waals surface area contributed by atoms with E-state index in [2.05, 4.69) is 30.1 Å². The fraction of sp³-hybridized carbons (Fsp3) is 0.800. The first-order valence-corrected chi connectivity index (χ1v) is 11.7. The third kappa shape index (κ3) is 5.27. The van der Waals surface area contributed by atoms with Gasteiger partial charge in [0, 0.05) is 36.9 Å². The minimum absolute atomic E-state index is 0.0834. The van der Waals surface area contributed by atoms with Gasteiger partial charge in [0.15, 0.2) is 5.69 Å². The Hall–Kier alpha value is -1.05. The Labute approximate surface area is 167 Å². The number of thioether (sulfide) groups is 1. The molecule has 1 amide bonds. The number of carbonyl (C=O) groups is 1. The van der Waals surface area contributed by atoms with E-state index in [4.69, 9.17) is 9.84 Å². The van der Waals surface area contributed by atoms with Crippen molar-refractivity contribution in [2.75, 3.05) is 44.9 Å². The van der Waals surface area contributed by atoms with Gasteiger partial charge < -0.3 is 15.0 Å². The molecule has 1 N–H and O–H groups in total. The third-order valence-electron chi connectivity index (χ3n) is 5.34. The van der Waals surface area contributed by atoms with E-state index in [9.17, 15) is 4.79 Å². The molecule has 1 aliphatic heterocycles.